The molecule has 0 aliphatic heterocycles. The Labute approximate surface area is 162 Å². The van der Waals surface area contributed by atoms with E-state index in [0.717, 1.165) is 35.5 Å². The van der Waals surface area contributed by atoms with Gasteiger partial charge in [-0.15, -0.1) is 0 Å². The summed E-state index contributed by atoms with van der Waals surface area (Å²) in [6, 6.07) is 0. The lowest BCUT2D eigenvalue weighted by atomic mass is 9.65. The molecule has 0 aromatic rings. The third-order valence-electron chi connectivity index (χ3n) is 8.24. The number of halogens is 1. The molecular formula is C25H43F. The highest BCUT2D eigenvalue weighted by Gasteiger charge is 2.34. The van der Waals surface area contributed by atoms with E-state index in [4.69, 9.17) is 0 Å². The molecule has 3 fully saturated rings. The van der Waals surface area contributed by atoms with Crippen molar-refractivity contribution in [3.05, 3.63) is 12.2 Å². The van der Waals surface area contributed by atoms with Gasteiger partial charge in [0.2, 0.25) is 0 Å². The second kappa shape index (κ2) is 10.9. The predicted octanol–water partition coefficient (Wildman–Crippen LogP) is 8.12. The maximum atomic E-state index is 12.2. The van der Waals surface area contributed by atoms with Gasteiger partial charge in [-0.05, 0) is 106 Å². The Kier molecular flexibility index (Phi) is 8.53. The van der Waals surface area contributed by atoms with Crippen LogP contribution in [0.15, 0.2) is 12.2 Å². The average molecular weight is 363 g/mol. The van der Waals surface area contributed by atoms with Crippen molar-refractivity contribution < 1.29 is 4.39 Å². The first-order valence-electron chi connectivity index (χ1n) is 12.0. The maximum absolute atomic E-state index is 12.2. The van der Waals surface area contributed by atoms with Crippen LogP contribution in [-0.4, -0.2) is 6.67 Å². The van der Waals surface area contributed by atoms with Gasteiger partial charge in [-0.25, -0.2) is 0 Å². The fraction of sp³-hybridized carbons (Fsp3) is 0.920. The van der Waals surface area contributed by atoms with Gasteiger partial charge >= 0.3 is 0 Å². The molecule has 0 spiro atoms. The number of allylic oxidation sites excluding steroid dienone is 2. The highest BCUT2D eigenvalue weighted by molar-refractivity contribution is 4.93. The maximum Gasteiger partial charge on any atom is 0.0928 e. The molecule has 0 bridgehead atoms. The van der Waals surface area contributed by atoms with Crippen LogP contribution in [0.25, 0.3) is 0 Å². The Hall–Kier alpha value is -0.330. The standard InChI is InChI=1S/C25H43F/c1-2-5-20-7-11-22(12-8-20)24-15-17-25(18-16-24)23-13-9-21(10-14-23)6-3-4-19-26/h3,6,20-25H,2,4-5,7-19H2,1H3/b6-3+. The smallest absolute Gasteiger partial charge is 0.0928 e. The molecule has 0 heterocycles. The molecule has 150 valence electrons. The van der Waals surface area contributed by atoms with E-state index in [1.165, 1.54) is 89.9 Å². The number of alkyl halides is 1. The molecule has 3 rings (SSSR count). The van der Waals surface area contributed by atoms with E-state index in [9.17, 15) is 4.39 Å². The summed E-state index contributed by atoms with van der Waals surface area (Å²) in [5.74, 6) is 5.96. The largest absolute Gasteiger partial charge is 0.251 e. The van der Waals surface area contributed by atoms with Crippen LogP contribution in [0.1, 0.15) is 103 Å². The zero-order chi connectivity index (χ0) is 18.2. The molecule has 3 aliphatic rings. The van der Waals surface area contributed by atoms with Crippen molar-refractivity contribution in [2.75, 3.05) is 6.67 Å². The summed E-state index contributed by atoms with van der Waals surface area (Å²) in [5, 5.41) is 0. The fourth-order valence-electron chi connectivity index (χ4n) is 6.60. The molecule has 26 heavy (non-hydrogen) atoms. The van der Waals surface area contributed by atoms with Crippen LogP contribution in [0.2, 0.25) is 0 Å². The Morgan fingerprint density at radius 2 is 1.15 bits per heavy atom. The van der Waals surface area contributed by atoms with Gasteiger partial charge < -0.3 is 0 Å². The monoisotopic (exact) mass is 362 g/mol. The van der Waals surface area contributed by atoms with Gasteiger partial charge in [-0.3, -0.25) is 4.39 Å². The van der Waals surface area contributed by atoms with Gasteiger partial charge in [0.15, 0.2) is 0 Å². The van der Waals surface area contributed by atoms with Crippen molar-refractivity contribution in [3.63, 3.8) is 0 Å². The minimum absolute atomic E-state index is 0.199. The topological polar surface area (TPSA) is 0 Å². The normalized spacial score (nSPS) is 39.3. The van der Waals surface area contributed by atoms with Crippen LogP contribution in [0.4, 0.5) is 4.39 Å². The zero-order valence-electron chi connectivity index (χ0n) is 17.3. The molecule has 0 unspecified atom stereocenters. The summed E-state index contributed by atoms with van der Waals surface area (Å²) in [6.07, 6.45) is 25.7. The Balaban J connectivity index is 1.34. The van der Waals surface area contributed by atoms with Crippen LogP contribution in [0, 0.1) is 35.5 Å². The fourth-order valence-corrected chi connectivity index (χ4v) is 6.60. The highest BCUT2D eigenvalue weighted by atomic mass is 19.1. The van der Waals surface area contributed by atoms with E-state index in [0.29, 0.717) is 6.42 Å². The summed E-state index contributed by atoms with van der Waals surface area (Å²) in [7, 11) is 0. The second-order valence-electron chi connectivity index (χ2n) is 9.83. The van der Waals surface area contributed by atoms with Crippen LogP contribution >= 0.6 is 0 Å². The van der Waals surface area contributed by atoms with Gasteiger partial charge in [-0.1, -0.05) is 44.8 Å². The van der Waals surface area contributed by atoms with Gasteiger partial charge in [0.25, 0.3) is 0 Å². The van der Waals surface area contributed by atoms with Gasteiger partial charge in [-0.2, -0.15) is 0 Å². The quantitative estimate of drug-likeness (QED) is 0.401. The summed E-state index contributed by atoms with van der Waals surface area (Å²) < 4.78 is 12.2. The Morgan fingerprint density at radius 3 is 1.62 bits per heavy atom. The third-order valence-corrected chi connectivity index (χ3v) is 8.24. The van der Waals surface area contributed by atoms with Crippen LogP contribution < -0.4 is 0 Å². The number of hydrogen-bond donors (Lipinski definition) is 0. The second-order valence-corrected chi connectivity index (χ2v) is 9.83. The molecule has 0 aromatic carbocycles. The SMILES string of the molecule is CCCC1CCC(C2CCC(C3CCC(/C=C/CCF)CC3)CC2)CC1. The van der Waals surface area contributed by atoms with E-state index in [2.05, 4.69) is 19.1 Å². The van der Waals surface area contributed by atoms with Crippen molar-refractivity contribution in [1.29, 1.82) is 0 Å². The Bertz CT molecular complexity index is 390. The zero-order valence-corrected chi connectivity index (χ0v) is 17.3. The van der Waals surface area contributed by atoms with Crippen molar-refractivity contribution in [2.24, 2.45) is 35.5 Å². The lowest BCUT2D eigenvalue weighted by Gasteiger charge is -2.41. The molecule has 0 nitrogen and oxygen atoms in total. The van der Waals surface area contributed by atoms with Gasteiger partial charge in [0, 0.05) is 0 Å². The summed E-state index contributed by atoms with van der Waals surface area (Å²) in [4.78, 5) is 0. The van der Waals surface area contributed by atoms with Crippen molar-refractivity contribution in [3.8, 4) is 0 Å². The van der Waals surface area contributed by atoms with Gasteiger partial charge in [0.05, 0.1) is 6.67 Å². The van der Waals surface area contributed by atoms with Crippen molar-refractivity contribution >= 4 is 0 Å². The van der Waals surface area contributed by atoms with E-state index in [-0.39, 0.29) is 6.67 Å². The Morgan fingerprint density at radius 1 is 0.692 bits per heavy atom. The van der Waals surface area contributed by atoms with Crippen LogP contribution in [0.5, 0.6) is 0 Å². The first-order valence-corrected chi connectivity index (χ1v) is 12.0. The molecule has 3 saturated carbocycles. The molecule has 3 aliphatic carbocycles. The predicted molar refractivity (Wildman–Crippen MR) is 111 cm³/mol. The van der Waals surface area contributed by atoms with E-state index in [1.54, 1.807) is 0 Å². The number of hydrogen-bond acceptors (Lipinski definition) is 0. The lowest BCUT2D eigenvalue weighted by molar-refractivity contribution is 0.107. The van der Waals surface area contributed by atoms with E-state index >= 15 is 0 Å². The summed E-state index contributed by atoms with van der Waals surface area (Å²) in [6.45, 7) is 2.15. The number of rotatable bonds is 7. The van der Waals surface area contributed by atoms with E-state index < -0.39 is 0 Å². The van der Waals surface area contributed by atoms with Crippen LogP contribution in [0.3, 0.4) is 0 Å². The molecule has 0 atom stereocenters. The van der Waals surface area contributed by atoms with Crippen molar-refractivity contribution in [1.82, 2.24) is 0 Å². The molecule has 0 saturated heterocycles. The molecule has 0 radical (unpaired) electrons. The molecule has 0 N–H and O–H groups in total. The average Bonchev–Trinajstić information content (AvgIpc) is 2.70. The van der Waals surface area contributed by atoms with Gasteiger partial charge in [0.1, 0.15) is 0 Å². The molecular weight excluding hydrogens is 319 g/mol. The minimum Gasteiger partial charge on any atom is -0.251 e. The molecule has 0 aromatic heterocycles. The third kappa shape index (κ3) is 5.83. The van der Waals surface area contributed by atoms with Crippen molar-refractivity contribution in [2.45, 2.75) is 103 Å². The first-order chi connectivity index (χ1) is 12.8. The summed E-state index contributed by atoms with van der Waals surface area (Å²) >= 11 is 0. The molecule has 1 heteroatoms. The minimum atomic E-state index is -0.199. The lowest BCUT2D eigenvalue weighted by Crippen LogP contribution is -2.29. The highest BCUT2D eigenvalue weighted by Crippen LogP contribution is 2.46. The molecule has 0 amide bonds. The van der Waals surface area contributed by atoms with Crippen LogP contribution in [-0.2, 0) is 0 Å². The van der Waals surface area contributed by atoms with E-state index in [1.807, 2.05) is 0 Å². The summed E-state index contributed by atoms with van der Waals surface area (Å²) in [5.41, 5.74) is 0. The first kappa shape index (κ1) is 20.4.